The smallest absolute Gasteiger partial charge is 0.339 e. The lowest BCUT2D eigenvalue weighted by molar-refractivity contribution is -0.124. The Labute approximate surface area is 179 Å². The van der Waals surface area contributed by atoms with Gasteiger partial charge in [-0.25, -0.2) is 9.78 Å². The highest BCUT2D eigenvalue weighted by Gasteiger charge is 2.22. The first-order valence-corrected chi connectivity index (χ1v) is 10.2. The summed E-state index contributed by atoms with van der Waals surface area (Å²) in [6.45, 7) is 7.50. The Bertz CT molecular complexity index is 1290. The first kappa shape index (κ1) is 20.7. The lowest BCUT2D eigenvalue weighted by Crippen LogP contribution is -2.35. The van der Waals surface area contributed by atoms with Gasteiger partial charge in [-0.05, 0) is 49.6 Å². The summed E-state index contributed by atoms with van der Waals surface area (Å²) in [4.78, 5) is 32.4. The summed E-state index contributed by atoms with van der Waals surface area (Å²) in [5.41, 5.74) is 3.32. The van der Waals surface area contributed by atoms with E-state index in [9.17, 15) is 9.59 Å². The van der Waals surface area contributed by atoms with Crippen molar-refractivity contribution in [1.82, 2.24) is 15.3 Å². The van der Waals surface area contributed by atoms with E-state index in [0.29, 0.717) is 22.7 Å². The van der Waals surface area contributed by atoms with E-state index in [1.54, 1.807) is 19.1 Å². The van der Waals surface area contributed by atoms with Gasteiger partial charge in [0.2, 0.25) is 0 Å². The molecule has 2 N–H and O–H groups in total. The Balaban J connectivity index is 1.47. The van der Waals surface area contributed by atoms with Crippen molar-refractivity contribution in [2.45, 2.75) is 33.7 Å². The maximum Gasteiger partial charge on any atom is 0.339 e. The van der Waals surface area contributed by atoms with E-state index in [0.717, 1.165) is 22.0 Å². The third-order valence-electron chi connectivity index (χ3n) is 5.48. The van der Waals surface area contributed by atoms with E-state index in [2.05, 4.69) is 15.3 Å². The average Bonchev–Trinajstić information content (AvgIpc) is 3.18. The number of aromatic amines is 1. The third kappa shape index (κ3) is 4.17. The topological polar surface area (TPSA) is 97.2 Å². The molecule has 0 bridgehead atoms. The first-order chi connectivity index (χ1) is 14.8. The fraction of sp³-hybridized carbons (Fsp3) is 0.292. The number of fused-ring (bicyclic) bond motifs is 2. The number of nitrogens with one attached hydrogen (secondary N) is 2. The number of nitrogens with zero attached hydrogens (tertiary/aromatic N) is 1. The Morgan fingerprint density at radius 2 is 1.94 bits per heavy atom. The molecule has 0 saturated heterocycles. The van der Waals surface area contributed by atoms with Crippen molar-refractivity contribution in [3.63, 3.8) is 0 Å². The zero-order valence-electron chi connectivity index (χ0n) is 18.0. The number of hydrogen-bond acceptors (Lipinski definition) is 5. The predicted octanol–water partition coefficient (Wildman–Crippen LogP) is 4.18. The van der Waals surface area contributed by atoms with Crippen LogP contribution < -0.4 is 15.7 Å². The van der Waals surface area contributed by atoms with E-state index < -0.39 is 0 Å². The number of hydrogen-bond donors (Lipinski definition) is 2. The fourth-order valence-corrected chi connectivity index (χ4v) is 3.55. The van der Waals surface area contributed by atoms with Crippen molar-refractivity contribution in [3.8, 4) is 5.75 Å². The van der Waals surface area contributed by atoms with Crippen molar-refractivity contribution in [1.29, 1.82) is 0 Å². The molecule has 0 saturated carbocycles. The lowest BCUT2D eigenvalue weighted by atomic mass is 10.0. The summed E-state index contributed by atoms with van der Waals surface area (Å²) < 4.78 is 11.0. The van der Waals surface area contributed by atoms with Crippen molar-refractivity contribution >= 4 is 27.9 Å². The molecule has 0 aliphatic heterocycles. The highest BCUT2D eigenvalue weighted by Crippen LogP contribution is 2.25. The largest absolute Gasteiger partial charge is 0.484 e. The molecule has 0 aliphatic carbocycles. The molecule has 0 unspecified atom stereocenters. The van der Waals surface area contributed by atoms with Gasteiger partial charge in [-0.2, -0.15) is 0 Å². The van der Waals surface area contributed by atoms with Gasteiger partial charge < -0.3 is 19.5 Å². The summed E-state index contributed by atoms with van der Waals surface area (Å²) in [5, 5.41) is 3.84. The van der Waals surface area contributed by atoms with Crippen LogP contribution in [0.1, 0.15) is 36.8 Å². The number of benzene rings is 2. The molecule has 2 aromatic carbocycles. The number of amides is 1. The van der Waals surface area contributed by atoms with Gasteiger partial charge in [-0.3, -0.25) is 4.79 Å². The molecule has 7 heteroatoms. The van der Waals surface area contributed by atoms with Crippen LogP contribution in [0.2, 0.25) is 0 Å². The molecule has 2 aromatic heterocycles. The van der Waals surface area contributed by atoms with Crippen molar-refractivity contribution in [3.05, 3.63) is 69.8 Å². The SMILES string of the molecule is Cc1c(C)c2ccc(OCC(=O)N[C@H](c3nc4ccccc4[nH]3)C(C)C)cc2oc1=O. The second kappa shape index (κ2) is 8.26. The van der Waals surface area contributed by atoms with Crippen LogP contribution in [-0.4, -0.2) is 22.5 Å². The highest BCUT2D eigenvalue weighted by molar-refractivity contribution is 5.83. The van der Waals surface area contributed by atoms with Crippen molar-refractivity contribution in [2.75, 3.05) is 6.61 Å². The number of aromatic nitrogens is 2. The molecule has 0 fully saturated rings. The van der Waals surface area contributed by atoms with Crippen LogP contribution in [0.15, 0.2) is 51.7 Å². The van der Waals surface area contributed by atoms with E-state index in [-0.39, 0.29) is 30.1 Å². The zero-order valence-corrected chi connectivity index (χ0v) is 18.0. The molecule has 1 amide bonds. The molecule has 2 heterocycles. The van der Waals surface area contributed by atoms with Crippen molar-refractivity contribution in [2.24, 2.45) is 5.92 Å². The normalized spacial score (nSPS) is 12.4. The van der Waals surface area contributed by atoms with Gasteiger partial charge in [-0.1, -0.05) is 26.0 Å². The van der Waals surface area contributed by atoms with Crippen LogP contribution >= 0.6 is 0 Å². The lowest BCUT2D eigenvalue weighted by Gasteiger charge is -2.20. The molecule has 1 atom stereocenters. The van der Waals surface area contributed by atoms with Gasteiger partial charge in [0, 0.05) is 17.0 Å². The summed E-state index contributed by atoms with van der Waals surface area (Å²) in [5.74, 6) is 1.04. The van der Waals surface area contributed by atoms with E-state index in [1.807, 2.05) is 51.1 Å². The van der Waals surface area contributed by atoms with Crippen LogP contribution in [0.25, 0.3) is 22.0 Å². The summed E-state index contributed by atoms with van der Waals surface area (Å²) >= 11 is 0. The maximum absolute atomic E-state index is 12.6. The Morgan fingerprint density at radius 1 is 1.16 bits per heavy atom. The standard InChI is InChI=1S/C24H25N3O4/c1-13(2)22(23-25-18-7-5-6-8-19(18)26-23)27-21(28)12-30-16-9-10-17-14(3)15(4)24(29)31-20(17)11-16/h5-11,13,22H,12H2,1-4H3,(H,25,26)(H,27,28)/t22-/m0/s1. The van der Waals surface area contributed by atoms with Gasteiger partial charge in [0.05, 0.1) is 17.1 Å². The molecule has 0 spiro atoms. The molecule has 4 rings (SSSR count). The second-order valence-electron chi connectivity index (χ2n) is 8.01. The molecule has 31 heavy (non-hydrogen) atoms. The monoisotopic (exact) mass is 419 g/mol. The summed E-state index contributed by atoms with van der Waals surface area (Å²) in [6, 6.07) is 12.7. The third-order valence-corrected chi connectivity index (χ3v) is 5.48. The number of para-hydroxylation sites is 2. The minimum Gasteiger partial charge on any atom is -0.484 e. The van der Waals surface area contributed by atoms with Gasteiger partial charge >= 0.3 is 5.63 Å². The molecule has 160 valence electrons. The van der Waals surface area contributed by atoms with Gasteiger partial charge in [0.15, 0.2) is 6.61 Å². The predicted molar refractivity (Wildman–Crippen MR) is 119 cm³/mol. The number of carbonyl (C=O) groups excluding carboxylic acids is 1. The van der Waals surface area contributed by atoms with Crippen molar-refractivity contribution < 1.29 is 13.9 Å². The summed E-state index contributed by atoms with van der Waals surface area (Å²) in [6.07, 6.45) is 0. The number of carbonyl (C=O) groups is 1. The van der Waals surface area contributed by atoms with Crippen LogP contribution in [-0.2, 0) is 4.79 Å². The summed E-state index contributed by atoms with van der Waals surface area (Å²) in [7, 11) is 0. The van der Waals surface area contributed by atoms with Crippen LogP contribution in [0.5, 0.6) is 5.75 Å². The molecule has 4 aromatic rings. The van der Waals surface area contributed by atoms with Gasteiger partial charge in [0.25, 0.3) is 5.91 Å². The molecule has 0 aliphatic rings. The van der Waals surface area contributed by atoms with Crippen LogP contribution in [0.3, 0.4) is 0 Å². The quantitative estimate of drug-likeness (QED) is 0.457. The minimum absolute atomic E-state index is 0.130. The minimum atomic E-state index is -0.370. The second-order valence-corrected chi connectivity index (χ2v) is 8.01. The number of H-pyrrole nitrogens is 1. The number of ether oxygens (including phenoxy) is 1. The maximum atomic E-state index is 12.6. The molecular formula is C24H25N3O4. The van der Waals surface area contributed by atoms with Crippen LogP contribution in [0, 0.1) is 19.8 Å². The zero-order chi connectivity index (χ0) is 22.1. The molecule has 7 nitrogen and oxygen atoms in total. The first-order valence-electron chi connectivity index (χ1n) is 10.2. The number of rotatable bonds is 6. The van der Waals surface area contributed by atoms with E-state index in [4.69, 9.17) is 9.15 Å². The highest BCUT2D eigenvalue weighted by atomic mass is 16.5. The Morgan fingerprint density at radius 3 is 2.68 bits per heavy atom. The Hall–Kier alpha value is -3.61. The number of aryl methyl sites for hydroxylation is 1. The van der Waals surface area contributed by atoms with Gasteiger partial charge in [0.1, 0.15) is 17.2 Å². The van der Waals surface area contributed by atoms with Crippen LogP contribution in [0.4, 0.5) is 0 Å². The fourth-order valence-electron chi connectivity index (χ4n) is 3.55. The van der Waals surface area contributed by atoms with Gasteiger partial charge in [-0.15, -0.1) is 0 Å². The number of imidazole rings is 1. The molecule has 0 radical (unpaired) electrons. The average molecular weight is 419 g/mol. The molecular weight excluding hydrogens is 394 g/mol. The van der Waals surface area contributed by atoms with E-state index >= 15 is 0 Å². The van der Waals surface area contributed by atoms with E-state index in [1.165, 1.54) is 0 Å². The Kier molecular flexibility index (Phi) is 5.50.